The van der Waals surface area contributed by atoms with Crippen molar-refractivity contribution < 1.29 is 9.59 Å². The van der Waals surface area contributed by atoms with E-state index in [0.717, 1.165) is 5.56 Å². The molecule has 15 heavy (non-hydrogen) atoms. The van der Waals surface area contributed by atoms with E-state index < -0.39 is 11.7 Å². The molecule has 1 aromatic carbocycles. The molecule has 1 N–H and O–H groups in total. The number of benzene rings is 1. The molecule has 0 saturated carbocycles. The van der Waals surface area contributed by atoms with E-state index in [1.54, 1.807) is 0 Å². The van der Waals surface area contributed by atoms with Crippen molar-refractivity contribution in [2.45, 2.75) is 27.3 Å². The molecule has 0 aliphatic heterocycles. The fraction of sp³-hybridized carbons (Fsp3) is 0.333. The molecule has 0 radical (unpaired) electrons. The zero-order chi connectivity index (χ0) is 11.4. The van der Waals surface area contributed by atoms with E-state index in [1.807, 2.05) is 32.0 Å². The quantitative estimate of drug-likeness (QED) is 0.760. The maximum Gasteiger partial charge on any atom is 0.287 e. The van der Waals surface area contributed by atoms with Crippen molar-refractivity contribution in [3.8, 4) is 0 Å². The Kier molecular flexibility index (Phi) is 3.61. The Labute approximate surface area is 89.5 Å². The zero-order valence-corrected chi connectivity index (χ0v) is 9.26. The van der Waals surface area contributed by atoms with Crippen molar-refractivity contribution in [1.82, 2.24) is 5.32 Å². The number of Topliss-reactive ketones (excluding diaryl/α,β-unsaturated/α-hetero) is 1. The van der Waals surface area contributed by atoms with Gasteiger partial charge in [-0.2, -0.15) is 0 Å². The number of carbonyl (C=O) groups excluding carboxylic acids is 2. The smallest absolute Gasteiger partial charge is 0.287 e. The molecule has 3 nitrogen and oxygen atoms in total. The topological polar surface area (TPSA) is 46.2 Å². The second-order valence-corrected chi connectivity index (χ2v) is 3.66. The summed E-state index contributed by atoms with van der Waals surface area (Å²) in [5.74, 6) is -0.993. The van der Waals surface area contributed by atoms with Gasteiger partial charge < -0.3 is 5.32 Å². The highest BCUT2D eigenvalue weighted by Gasteiger charge is 2.06. The van der Waals surface area contributed by atoms with Crippen LogP contribution in [0.2, 0.25) is 0 Å². The lowest BCUT2D eigenvalue weighted by Crippen LogP contribution is -2.28. The van der Waals surface area contributed by atoms with Crippen LogP contribution in [-0.2, 0) is 16.1 Å². The van der Waals surface area contributed by atoms with Crippen molar-refractivity contribution in [2.75, 3.05) is 0 Å². The van der Waals surface area contributed by atoms with Gasteiger partial charge in [-0.1, -0.05) is 18.2 Å². The van der Waals surface area contributed by atoms with Crippen molar-refractivity contribution in [3.63, 3.8) is 0 Å². The van der Waals surface area contributed by atoms with Crippen molar-refractivity contribution in [3.05, 3.63) is 34.9 Å². The molecule has 3 heteroatoms. The maximum atomic E-state index is 11.0. The molecule has 0 heterocycles. The van der Waals surface area contributed by atoms with E-state index in [4.69, 9.17) is 0 Å². The summed E-state index contributed by atoms with van der Waals surface area (Å²) < 4.78 is 0. The van der Waals surface area contributed by atoms with Gasteiger partial charge in [-0.05, 0) is 30.5 Å². The van der Waals surface area contributed by atoms with Gasteiger partial charge >= 0.3 is 0 Å². The van der Waals surface area contributed by atoms with Gasteiger partial charge in [0.1, 0.15) is 0 Å². The number of ketones is 1. The van der Waals surface area contributed by atoms with E-state index in [0.29, 0.717) is 6.54 Å². The lowest BCUT2D eigenvalue weighted by atomic mass is 10.1. The Morgan fingerprint density at radius 1 is 1.20 bits per heavy atom. The number of rotatable bonds is 3. The fourth-order valence-electron chi connectivity index (χ4n) is 1.22. The first kappa shape index (κ1) is 11.4. The number of nitrogens with one attached hydrogen (secondary N) is 1. The van der Waals surface area contributed by atoms with Crippen molar-refractivity contribution >= 4 is 11.7 Å². The van der Waals surface area contributed by atoms with Gasteiger partial charge in [-0.3, -0.25) is 9.59 Å². The predicted octanol–water partition coefficient (Wildman–Crippen LogP) is 1.51. The minimum atomic E-state index is -0.534. The van der Waals surface area contributed by atoms with Crippen LogP contribution in [0.5, 0.6) is 0 Å². The number of aryl methyl sites for hydroxylation is 2. The Balaban J connectivity index is 2.62. The Morgan fingerprint density at radius 3 is 2.40 bits per heavy atom. The summed E-state index contributed by atoms with van der Waals surface area (Å²) in [4.78, 5) is 21.7. The molecular weight excluding hydrogens is 190 g/mol. The van der Waals surface area contributed by atoms with E-state index in [9.17, 15) is 9.59 Å². The SMILES string of the molecule is CC(=O)C(=O)NCc1ccc(C)c(C)c1. The summed E-state index contributed by atoms with van der Waals surface area (Å²) in [6, 6.07) is 5.96. The largest absolute Gasteiger partial charge is 0.345 e. The normalized spacial score (nSPS) is 9.80. The van der Waals surface area contributed by atoms with E-state index in [-0.39, 0.29) is 0 Å². The summed E-state index contributed by atoms with van der Waals surface area (Å²) in [5.41, 5.74) is 3.41. The summed E-state index contributed by atoms with van der Waals surface area (Å²) in [6.45, 7) is 5.72. The summed E-state index contributed by atoms with van der Waals surface area (Å²) in [6.07, 6.45) is 0. The van der Waals surface area contributed by atoms with Crippen LogP contribution < -0.4 is 5.32 Å². The number of hydrogen-bond donors (Lipinski definition) is 1. The van der Waals surface area contributed by atoms with E-state index in [1.165, 1.54) is 18.1 Å². The minimum absolute atomic E-state index is 0.402. The van der Waals surface area contributed by atoms with Gasteiger partial charge in [0.2, 0.25) is 5.78 Å². The third-order valence-electron chi connectivity index (χ3n) is 2.34. The molecule has 0 saturated heterocycles. The number of carbonyl (C=O) groups is 2. The average Bonchev–Trinajstić information content (AvgIpc) is 2.19. The molecule has 1 aromatic rings. The van der Waals surface area contributed by atoms with Crippen molar-refractivity contribution in [1.29, 1.82) is 0 Å². The highest BCUT2D eigenvalue weighted by atomic mass is 16.2. The van der Waals surface area contributed by atoms with Crippen LogP contribution in [-0.4, -0.2) is 11.7 Å². The summed E-state index contributed by atoms with van der Waals surface area (Å²) >= 11 is 0. The molecule has 0 atom stereocenters. The standard InChI is InChI=1S/C12H15NO2/c1-8-4-5-11(6-9(8)2)7-13-12(15)10(3)14/h4-6H,7H2,1-3H3,(H,13,15). The van der Waals surface area contributed by atoms with Gasteiger partial charge in [0.25, 0.3) is 5.91 Å². The minimum Gasteiger partial charge on any atom is -0.345 e. The van der Waals surface area contributed by atoms with Crippen LogP contribution in [0.1, 0.15) is 23.6 Å². The van der Waals surface area contributed by atoms with Crippen LogP contribution in [0.25, 0.3) is 0 Å². The molecule has 0 bridgehead atoms. The first-order chi connectivity index (χ1) is 7.00. The maximum absolute atomic E-state index is 11.0. The van der Waals surface area contributed by atoms with Gasteiger partial charge in [0.05, 0.1) is 0 Å². The number of amides is 1. The van der Waals surface area contributed by atoms with Gasteiger partial charge in [0.15, 0.2) is 0 Å². The molecular formula is C12H15NO2. The monoisotopic (exact) mass is 205 g/mol. The third kappa shape index (κ3) is 3.20. The lowest BCUT2D eigenvalue weighted by molar-refractivity contribution is -0.136. The highest BCUT2D eigenvalue weighted by Crippen LogP contribution is 2.09. The first-order valence-electron chi connectivity index (χ1n) is 4.85. The van der Waals surface area contributed by atoms with Crippen LogP contribution in [0.15, 0.2) is 18.2 Å². The first-order valence-corrected chi connectivity index (χ1v) is 4.85. The van der Waals surface area contributed by atoms with Crippen LogP contribution in [0, 0.1) is 13.8 Å². The van der Waals surface area contributed by atoms with E-state index >= 15 is 0 Å². The Bertz CT molecular complexity index is 397. The van der Waals surface area contributed by atoms with Gasteiger partial charge in [0, 0.05) is 13.5 Å². The second kappa shape index (κ2) is 4.73. The molecule has 0 fully saturated rings. The molecule has 0 aromatic heterocycles. The summed E-state index contributed by atoms with van der Waals surface area (Å²) in [5, 5.41) is 2.56. The average molecular weight is 205 g/mol. The van der Waals surface area contributed by atoms with Gasteiger partial charge in [-0.25, -0.2) is 0 Å². The molecule has 0 spiro atoms. The number of hydrogen-bond acceptors (Lipinski definition) is 2. The predicted molar refractivity (Wildman–Crippen MR) is 58.4 cm³/mol. The third-order valence-corrected chi connectivity index (χ3v) is 2.34. The van der Waals surface area contributed by atoms with E-state index in [2.05, 4.69) is 5.32 Å². The Morgan fingerprint density at radius 2 is 1.87 bits per heavy atom. The second-order valence-electron chi connectivity index (χ2n) is 3.66. The zero-order valence-electron chi connectivity index (χ0n) is 9.26. The molecule has 80 valence electrons. The summed E-state index contributed by atoms with van der Waals surface area (Å²) in [7, 11) is 0. The Hall–Kier alpha value is -1.64. The van der Waals surface area contributed by atoms with Crippen LogP contribution in [0.4, 0.5) is 0 Å². The molecule has 1 rings (SSSR count). The van der Waals surface area contributed by atoms with Crippen molar-refractivity contribution in [2.24, 2.45) is 0 Å². The molecule has 0 aliphatic carbocycles. The fourth-order valence-corrected chi connectivity index (χ4v) is 1.22. The van der Waals surface area contributed by atoms with Crippen LogP contribution in [0.3, 0.4) is 0 Å². The molecule has 0 unspecified atom stereocenters. The molecule has 0 aliphatic rings. The molecule has 1 amide bonds. The van der Waals surface area contributed by atoms with Gasteiger partial charge in [-0.15, -0.1) is 0 Å². The van der Waals surface area contributed by atoms with Crippen LogP contribution >= 0.6 is 0 Å². The lowest BCUT2D eigenvalue weighted by Gasteiger charge is -2.05. The highest BCUT2D eigenvalue weighted by molar-refractivity contribution is 6.35.